The van der Waals surface area contributed by atoms with Crippen molar-refractivity contribution < 1.29 is 14.2 Å². The number of rotatable bonds is 9. The van der Waals surface area contributed by atoms with Crippen LogP contribution in [0.15, 0.2) is 12.1 Å². The first-order valence-electron chi connectivity index (χ1n) is 7.72. The maximum Gasteiger partial charge on any atom is 0.203 e. The van der Waals surface area contributed by atoms with Gasteiger partial charge in [0.1, 0.15) is 0 Å². The van der Waals surface area contributed by atoms with Crippen LogP contribution < -0.4 is 19.5 Å². The van der Waals surface area contributed by atoms with E-state index < -0.39 is 0 Å². The van der Waals surface area contributed by atoms with Gasteiger partial charge in [0.05, 0.1) is 20.8 Å². The summed E-state index contributed by atoms with van der Waals surface area (Å²) in [7, 11) is 3.34. The molecule has 4 nitrogen and oxygen atoms in total. The molecule has 0 spiro atoms. The van der Waals surface area contributed by atoms with E-state index in [-0.39, 0.29) is 0 Å². The smallest absolute Gasteiger partial charge is 0.203 e. The Labute approximate surface area is 127 Å². The molecule has 1 aliphatic rings. The molecule has 0 unspecified atom stereocenters. The lowest BCUT2D eigenvalue weighted by Crippen LogP contribution is -2.19. The maximum absolute atomic E-state index is 5.90. The van der Waals surface area contributed by atoms with Crippen LogP contribution in [0.5, 0.6) is 17.2 Å². The minimum absolute atomic E-state index is 0.634. The molecule has 0 aromatic heterocycles. The highest BCUT2D eigenvalue weighted by molar-refractivity contribution is 5.53. The van der Waals surface area contributed by atoms with Crippen molar-refractivity contribution in [1.82, 2.24) is 5.32 Å². The van der Waals surface area contributed by atoms with E-state index in [1.807, 2.05) is 12.1 Å². The molecule has 1 saturated carbocycles. The van der Waals surface area contributed by atoms with Crippen molar-refractivity contribution in [1.29, 1.82) is 0 Å². The molecule has 0 heterocycles. The second kappa shape index (κ2) is 7.55. The summed E-state index contributed by atoms with van der Waals surface area (Å²) < 4.78 is 16.9. The van der Waals surface area contributed by atoms with Gasteiger partial charge in [-0.25, -0.2) is 0 Å². The predicted octanol–water partition coefficient (Wildman–Crippen LogP) is 3.24. The number of nitrogens with one attached hydrogen (secondary N) is 1. The minimum Gasteiger partial charge on any atom is -0.493 e. The van der Waals surface area contributed by atoms with Gasteiger partial charge in [-0.1, -0.05) is 13.8 Å². The average molecular weight is 293 g/mol. The molecule has 1 aromatic carbocycles. The van der Waals surface area contributed by atoms with Crippen LogP contribution in [-0.2, 0) is 6.54 Å². The molecule has 0 saturated heterocycles. The Kier molecular flexibility index (Phi) is 5.74. The van der Waals surface area contributed by atoms with Crippen LogP contribution in [-0.4, -0.2) is 27.4 Å². The summed E-state index contributed by atoms with van der Waals surface area (Å²) in [6.07, 6.45) is 2.53. The normalized spacial score (nSPS) is 14.3. The van der Waals surface area contributed by atoms with E-state index in [2.05, 4.69) is 19.2 Å². The standard InChI is InChI=1S/C17H27NO3/c1-12(2)9-18-10-14-7-15(19-3)17(16(8-14)20-4)21-11-13-5-6-13/h7-8,12-13,18H,5-6,9-11H2,1-4H3. The van der Waals surface area contributed by atoms with Crippen LogP contribution in [0.3, 0.4) is 0 Å². The van der Waals surface area contributed by atoms with Gasteiger partial charge in [-0.05, 0) is 48.9 Å². The Balaban J connectivity index is 2.08. The molecule has 2 rings (SSSR count). The fourth-order valence-electron chi connectivity index (χ4n) is 2.17. The SMILES string of the molecule is COc1cc(CNCC(C)C)cc(OC)c1OCC1CC1. The lowest BCUT2D eigenvalue weighted by atomic mass is 10.1. The van der Waals surface area contributed by atoms with Crippen molar-refractivity contribution in [2.45, 2.75) is 33.2 Å². The zero-order chi connectivity index (χ0) is 15.2. The molecule has 0 radical (unpaired) electrons. The molecule has 21 heavy (non-hydrogen) atoms. The highest BCUT2D eigenvalue weighted by atomic mass is 16.5. The summed E-state index contributed by atoms with van der Waals surface area (Å²) in [6.45, 7) is 6.93. The molecule has 1 N–H and O–H groups in total. The van der Waals surface area contributed by atoms with Gasteiger partial charge < -0.3 is 19.5 Å². The summed E-state index contributed by atoms with van der Waals surface area (Å²) in [5.74, 6) is 3.55. The molecule has 0 atom stereocenters. The molecule has 1 fully saturated rings. The molecule has 1 aliphatic carbocycles. The lowest BCUT2D eigenvalue weighted by Gasteiger charge is -2.16. The number of hydrogen-bond donors (Lipinski definition) is 1. The van der Waals surface area contributed by atoms with E-state index in [1.54, 1.807) is 14.2 Å². The predicted molar refractivity (Wildman–Crippen MR) is 84.3 cm³/mol. The van der Waals surface area contributed by atoms with Crippen LogP contribution in [0.1, 0.15) is 32.3 Å². The van der Waals surface area contributed by atoms with Crippen molar-refractivity contribution in [2.24, 2.45) is 11.8 Å². The van der Waals surface area contributed by atoms with Crippen LogP contribution in [0.4, 0.5) is 0 Å². The summed E-state index contributed by atoms with van der Waals surface area (Å²) in [5.41, 5.74) is 1.14. The van der Waals surface area contributed by atoms with Gasteiger partial charge in [0.15, 0.2) is 11.5 Å². The second-order valence-corrected chi connectivity index (χ2v) is 6.11. The van der Waals surface area contributed by atoms with Gasteiger partial charge in [0, 0.05) is 6.54 Å². The third-order valence-electron chi connectivity index (χ3n) is 3.56. The maximum atomic E-state index is 5.90. The molecule has 118 valence electrons. The molecular weight excluding hydrogens is 266 g/mol. The van der Waals surface area contributed by atoms with E-state index in [1.165, 1.54) is 12.8 Å². The molecule has 0 bridgehead atoms. The fourth-order valence-corrected chi connectivity index (χ4v) is 2.17. The monoisotopic (exact) mass is 293 g/mol. The van der Waals surface area contributed by atoms with Crippen molar-refractivity contribution in [3.05, 3.63) is 17.7 Å². The van der Waals surface area contributed by atoms with Gasteiger partial charge in [-0.15, -0.1) is 0 Å². The van der Waals surface area contributed by atoms with E-state index in [9.17, 15) is 0 Å². The van der Waals surface area contributed by atoms with Crippen LogP contribution in [0.25, 0.3) is 0 Å². The van der Waals surface area contributed by atoms with Crippen LogP contribution in [0.2, 0.25) is 0 Å². The fraction of sp³-hybridized carbons (Fsp3) is 0.647. The van der Waals surface area contributed by atoms with Crippen molar-refractivity contribution >= 4 is 0 Å². The molecule has 4 heteroatoms. The second-order valence-electron chi connectivity index (χ2n) is 6.11. The zero-order valence-electron chi connectivity index (χ0n) is 13.6. The topological polar surface area (TPSA) is 39.7 Å². The quantitative estimate of drug-likeness (QED) is 0.759. The van der Waals surface area contributed by atoms with E-state index in [4.69, 9.17) is 14.2 Å². The van der Waals surface area contributed by atoms with Crippen molar-refractivity contribution in [2.75, 3.05) is 27.4 Å². The highest BCUT2D eigenvalue weighted by Crippen LogP contribution is 2.40. The Hall–Kier alpha value is -1.42. The molecule has 0 amide bonds. The van der Waals surface area contributed by atoms with Crippen molar-refractivity contribution in [3.8, 4) is 17.2 Å². The number of ether oxygens (including phenoxy) is 3. The van der Waals surface area contributed by atoms with Gasteiger partial charge in [0.2, 0.25) is 5.75 Å². The first-order chi connectivity index (χ1) is 10.1. The third kappa shape index (κ3) is 4.81. The molecular formula is C17H27NO3. The average Bonchev–Trinajstić information content (AvgIpc) is 3.28. The summed E-state index contributed by atoms with van der Waals surface area (Å²) in [4.78, 5) is 0. The lowest BCUT2D eigenvalue weighted by molar-refractivity contribution is 0.263. The van der Waals surface area contributed by atoms with E-state index in [0.29, 0.717) is 11.8 Å². The van der Waals surface area contributed by atoms with Gasteiger partial charge in [0.25, 0.3) is 0 Å². The van der Waals surface area contributed by atoms with Gasteiger partial charge >= 0.3 is 0 Å². The molecule has 1 aromatic rings. The number of benzene rings is 1. The van der Waals surface area contributed by atoms with E-state index in [0.717, 1.165) is 42.5 Å². The van der Waals surface area contributed by atoms with Crippen LogP contribution in [0, 0.1) is 11.8 Å². The summed E-state index contributed by atoms with van der Waals surface area (Å²) in [5, 5.41) is 3.43. The number of methoxy groups -OCH3 is 2. The summed E-state index contributed by atoms with van der Waals surface area (Å²) >= 11 is 0. The largest absolute Gasteiger partial charge is 0.493 e. The first kappa shape index (κ1) is 16.0. The zero-order valence-corrected chi connectivity index (χ0v) is 13.6. The van der Waals surface area contributed by atoms with Crippen LogP contribution >= 0.6 is 0 Å². The highest BCUT2D eigenvalue weighted by Gasteiger charge is 2.24. The molecule has 0 aliphatic heterocycles. The van der Waals surface area contributed by atoms with Gasteiger partial charge in [-0.2, -0.15) is 0 Å². The Bertz CT molecular complexity index is 430. The minimum atomic E-state index is 0.634. The third-order valence-corrected chi connectivity index (χ3v) is 3.56. The Morgan fingerprint density at radius 2 is 1.76 bits per heavy atom. The first-order valence-corrected chi connectivity index (χ1v) is 7.72. The Morgan fingerprint density at radius 3 is 2.24 bits per heavy atom. The van der Waals surface area contributed by atoms with Gasteiger partial charge in [-0.3, -0.25) is 0 Å². The summed E-state index contributed by atoms with van der Waals surface area (Å²) in [6, 6.07) is 4.05. The Morgan fingerprint density at radius 1 is 1.14 bits per heavy atom. The van der Waals surface area contributed by atoms with E-state index >= 15 is 0 Å². The number of hydrogen-bond acceptors (Lipinski definition) is 4. The van der Waals surface area contributed by atoms with Crippen molar-refractivity contribution in [3.63, 3.8) is 0 Å².